The predicted molar refractivity (Wildman–Crippen MR) is 55.6 cm³/mol. The fourth-order valence-corrected chi connectivity index (χ4v) is 1.74. The molecule has 0 aliphatic heterocycles. The Kier molecular flexibility index (Phi) is 2.41. The normalized spacial score (nSPS) is 10.9. The first-order valence-corrected chi connectivity index (χ1v) is 5.05. The Morgan fingerprint density at radius 3 is 2.93 bits per heavy atom. The molecule has 2 nitrogen and oxygen atoms in total. The molecule has 0 amide bonds. The van der Waals surface area contributed by atoms with E-state index < -0.39 is 0 Å². The Balaban J connectivity index is 2.89. The summed E-state index contributed by atoms with van der Waals surface area (Å²) in [4.78, 5) is 4.06. The predicted octanol–water partition coefficient (Wildman–Crippen LogP) is 2.61. The summed E-state index contributed by atoms with van der Waals surface area (Å²) < 4.78 is 15.2. The first-order chi connectivity index (χ1) is 6.59. The molecular weight excluding hydrogens is 270 g/mol. The fourth-order valence-electron chi connectivity index (χ4n) is 1.20. The number of hydrogen-bond acceptors (Lipinski definition) is 1. The van der Waals surface area contributed by atoms with Gasteiger partial charge in [-0.2, -0.15) is 0 Å². The molecule has 0 atom stereocenters. The van der Waals surface area contributed by atoms with Crippen LogP contribution in [0.25, 0.3) is 10.9 Å². The number of rotatable bonds is 0. The van der Waals surface area contributed by atoms with Crippen LogP contribution in [-0.4, -0.2) is 4.98 Å². The molecule has 0 unspecified atom stereocenters. The van der Waals surface area contributed by atoms with Gasteiger partial charge in [0.05, 0.1) is 16.9 Å². The third-order valence-corrected chi connectivity index (χ3v) is 3.02. The van der Waals surface area contributed by atoms with Gasteiger partial charge in [0, 0.05) is 6.07 Å². The van der Waals surface area contributed by atoms with Gasteiger partial charge in [0.1, 0.15) is 5.82 Å². The monoisotopic (exact) mass is 275 g/mol. The van der Waals surface area contributed by atoms with Gasteiger partial charge in [-0.05, 0) is 38.6 Å². The Morgan fingerprint density at radius 1 is 1.50 bits per heavy atom. The summed E-state index contributed by atoms with van der Waals surface area (Å²) in [6, 6.07) is 2.98. The Labute approximate surface area is 93.5 Å². The lowest BCUT2D eigenvalue weighted by Gasteiger charge is -1.99. The quantitative estimate of drug-likeness (QED) is 0.534. The van der Waals surface area contributed by atoms with Crippen LogP contribution in [-0.2, 0) is 7.05 Å². The topological polar surface area (TPSA) is 16.8 Å². The summed E-state index contributed by atoms with van der Waals surface area (Å²) in [6.07, 6.45) is 1.55. The van der Waals surface area contributed by atoms with Crippen molar-refractivity contribution < 1.29 is 8.96 Å². The molecule has 2 rings (SSSR count). The molecule has 0 saturated heterocycles. The highest BCUT2D eigenvalue weighted by Crippen LogP contribution is 2.24. The van der Waals surface area contributed by atoms with Gasteiger partial charge in [-0.1, -0.05) is 0 Å². The van der Waals surface area contributed by atoms with Gasteiger partial charge in [-0.3, -0.25) is 0 Å². The van der Waals surface area contributed by atoms with Crippen molar-refractivity contribution in [1.29, 1.82) is 0 Å². The van der Waals surface area contributed by atoms with Crippen molar-refractivity contribution in [3.8, 4) is 0 Å². The number of aromatic nitrogens is 2. The minimum atomic E-state index is -0.338. The molecule has 0 fully saturated rings. The molecule has 0 N–H and O–H groups in total. The second kappa shape index (κ2) is 3.44. The van der Waals surface area contributed by atoms with Crippen LogP contribution in [0.5, 0.6) is 0 Å². The maximum absolute atomic E-state index is 13.1. The lowest BCUT2D eigenvalue weighted by molar-refractivity contribution is -0.670. The van der Waals surface area contributed by atoms with Crippen LogP contribution in [0, 0.1) is 5.82 Å². The van der Waals surface area contributed by atoms with Crippen molar-refractivity contribution in [1.82, 2.24) is 4.98 Å². The van der Waals surface area contributed by atoms with E-state index in [1.54, 1.807) is 24.0 Å². The van der Waals surface area contributed by atoms with Crippen LogP contribution in [0.1, 0.15) is 0 Å². The van der Waals surface area contributed by atoms with Crippen molar-refractivity contribution in [2.75, 3.05) is 0 Å². The zero-order valence-electron chi connectivity index (χ0n) is 7.26. The summed E-state index contributed by atoms with van der Waals surface area (Å²) in [7, 11) is 1.78. The first-order valence-electron chi connectivity index (χ1n) is 3.88. The average Bonchev–Trinajstić information content (AvgIpc) is 2.15. The van der Waals surface area contributed by atoms with E-state index in [1.165, 1.54) is 6.07 Å². The van der Waals surface area contributed by atoms with E-state index in [4.69, 9.17) is 11.6 Å². The number of fused-ring (bicyclic) bond motifs is 1. The summed E-state index contributed by atoms with van der Waals surface area (Å²) in [5.41, 5.74) is 0.550. The minimum Gasteiger partial charge on any atom is -0.223 e. The highest BCUT2D eigenvalue weighted by Gasteiger charge is 2.13. The molecule has 72 valence electrons. The third-order valence-electron chi connectivity index (χ3n) is 1.94. The number of benzene rings is 1. The maximum Gasteiger partial charge on any atom is 0.287 e. The molecule has 0 radical (unpaired) electrons. The second-order valence-electron chi connectivity index (χ2n) is 2.93. The van der Waals surface area contributed by atoms with Gasteiger partial charge in [-0.15, -0.1) is 0 Å². The van der Waals surface area contributed by atoms with Crippen molar-refractivity contribution in [2.45, 2.75) is 0 Å². The standard InChI is InChI=1S/C9H6BrClFN2/c1-14-4-13-8-3-7(12)6(10)2-5(8)9(14)11/h2-4H,1H3/q+1. The molecule has 1 heterocycles. The molecule has 1 aromatic carbocycles. The van der Waals surface area contributed by atoms with Gasteiger partial charge in [0.15, 0.2) is 5.52 Å². The first kappa shape index (κ1) is 9.80. The Morgan fingerprint density at radius 2 is 2.21 bits per heavy atom. The van der Waals surface area contributed by atoms with E-state index in [0.717, 1.165) is 5.39 Å². The van der Waals surface area contributed by atoms with Crippen molar-refractivity contribution in [3.05, 3.63) is 33.9 Å². The van der Waals surface area contributed by atoms with Crippen LogP contribution in [0.3, 0.4) is 0 Å². The van der Waals surface area contributed by atoms with E-state index >= 15 is 0 Å². The molecular formula is C9H6BrClFN2+. The highest BCUT2D eigenvalue weighted by molar-refractivity contribution is 9.10. The zero-order valence-corrected chi connectivity index (χ0v) is 9.60. The molecule has 0 aliphatic rings. The van der Waals surface area contributed by atoms with E-state index in [-0.39, 0.29) is 5.82 Å². The maximum atomic E-state index is 13.1. The van der Waals surface area contributed by atoms with Crippen LogP contribution >= 0.6 is 27.5 Å². The van der Waals surface area contributed by atoms with Crippen LogP contribution in [0.2, 0.25) is 5.15 Å². The smallest absolute Gasteiger partial charge is 0.223 e. The molecule has 14 heavy (non-hydrogen) atoms. The lowest BCUT2D eigenvalue weighted by Crippen LogP contribution is -2.29. The molecule has 0 bridgehead atoms. The van der Waals surface area contributed by atoms with Crippen LogP contribution in [0.15, 0.2) is 22.9 Å². The Hall–Kier alpha value is -0.740. The molecule has 0 spiro atoms. The molecule has 5 heteroatoms. The highest BCUT2D eigenvalue weighted by atomic mass is 79.9. The van der Waals surface area contributed by atoms with Gasteiger partial charge < -0.3 is 0 Å². The fraction of sp³-hybridized carbons (Fsp3) is 0.111. The van der Waals surface area contributed by atoms with E-state index in [1.807, 2.05) is 0 Å². The van der Waals surface area contributed by atoms with Gasteiger partial charge in [-0.25, -0.2) is 8.96 Å². The van der Waals surface area contributed by atoms with Crippen LogP contribution < -0.4 is 4.57 Å². The number of halogens is 3. The largest absolute Gasteiger partial charge is 0.287 e. The third kappa shape index (κ3) is 1.48. The zero-order chi connectivity index (χ0) is 10.3. The van der Waals surface area contributed by atoms with E-state index in [9.17, 15) is 4.39 Å². The summed E-state index contributed by atoms with van der Waals surface area (Å²) in [5, 5.41) is 1.26. The lowest BCUT2D eigenvalue weighted by atomic mass is 10.2. The number of nitrogens with zero attached hydrogens (tertiary/aromatic N) is 2. The summed E-state index contributed by atoms with van der Waals surface area (Å²) in [5.74, 6) is -0.338. The SMILES string of the molecule is C[n+]1cnc2cc(F)c(Br)cc2c1Cl. The second-order valence-corrected chi connectivity index (χ2v) is 4.14. The van der Waals surface area contributed by atoms with Crippen molar-refractivity contribution >= 4 is 38.4 Å². The number of aryl methyl sites for hydroxylation is 1. The molecule has 2 aromatic rings. The number of hydrogen-bond donors (Lipinski definition) is 0. The van der Waals surface area contributed by atoms with E-state index in [0.29, 0.717) is 15.1 Å². The minimum absolute atomic E-state index is 0.338. The van der Waals surface area contributed by atoms with E-state index in [2.05, 4.69) is 20.9 Å². The van der Waals surface area contributed by atoms with Crippen molar-refractivity contribution in [2.24, 2.45) is 7.05 Å². The molecule has 1 aromatic heterocycles. The molecule has 0 saturated carbocycles. The summed E-state index contributed by atoms with van der Waals surface area (Å²) in [6.45, 7) is 0. The summed E-state index contributed by atoms with van der Waals surface area (Å²) >= 11 is 9.13. The Bertz CT molecular complexity index is 516. The molecule has 0 aliphatic carbocycles. The average molecular weight is 277 g/mol. The van der Waals surface area contributed by atoms with Gasteiger partial charge >= 0.3 is 0 Å². The van der Waals surface area contributed by atoms with Gasteiger partial charge in [0.25, 0.3) is 6.33 Å². The van der Waals surface area contributed by atoms with Gasteiger partial charge in [0.2, 0.25) is 5.15 Å². The van der Waals surface area contributed by atoms with Crippen molar-refractivity contribution in [3.63, 3.8) is 0 Å². The van der Waals surface area contributed by atoms with Crippen LogP contribution in [0.4, 0.5) is 4.39 Å².